The van der Waals surface area contributed by atoms with E-state index in [9.17, 15) is 19.5 Å². The van der Waals surface area contributed by atoms with Gasteiger partial charge in [-0.1, -0.05) is 19.1 Å². The van der Waals surface area contributed by atoms with Crippen molar-refractivity contribution >= 4 is 18.0 Å². The topological polar surface area (TPSA) is 102 Å². The molecular weight excluding hydrogens is 314 g/mol. The first-order valence-electron chi connectivity index (χ1n) is 8.23. The molecule has 0 heterocycles. The number of carbonyl (C=O) groups is 3. The highest BCUT2D eigenvalue weighted by atomic mass is 16.7. The number of nitrogens with one attached hydrogen (secondary N) is 1. The summed E-state index contributed by atoms with van der Waals surface area (Å²) in [4.78, 5) is 34.0. The van der Waals surface area contributed by atoms with Crippen LogP contribution in [0.4, 0.5) is 4.79 Å². The quantitative estimate of drug-likeness (QED) is 0.420. The minimum Gasteiger partial charge on any atom is -0.481 e. The van der Waals surface area contributed by atoms with Crippen LogP contribution in [0.15, 0.2) is 12.2 Å². The van der Waals surface area contributed by atoms with E-state index < -0.39 is 29.7 Å². The van der Waals surface area contributed by atoms with Crippen LogP contribution in [0.5, 0.6) is 0 Å². The summed E-state index contributed by atoms with van der Waals surface area (Å²) in [5, 5.41) is 11.9. The third-order valence-corrected chi connectivity index (χ3v) is 5.27. The molecule has 1 amide bonds. The third-order valence-electron chi connectivity index (χ3n) is 5.27. The molecule has 2 N–H and O–H groups in total. The number of hydrogen-bond acceptors (Lipinski definition) is 5. The molecule has 0 bridgehead atoms. The standard InChI is InChI=1S/C17H25NO6/c1-4-16-7-5-6-13(16)17(9-16,8-14(20)21)10-18-15(22)24-12(3)23-11(2)19/h5-6,12-13H,4,7-10H2,1-3H3,(H,18,22)(H,20,21). The van der Waals surface area contributed by atoms with E-state index in [-0.39, 0.29) is 24.3 Å². The monoisotopic (exact) mass is 339 g/mol. The number of hydrogen-bond donors (Lipinski definition) is 2. The van der Waals surface area contributed by atoms with Gasteiger partial charge in [-0.05, 0) is 30.6 Å². The molecule has 2 rings (SSSR count). The highest BCUT2D eigenvalue weighted by molar-refractivity contribution is 5.70. The van der Waals surface area contributed by atoms with Crippen molar-refractivity contribution in [3.8, 4) is 0 Å². The fourth-order valence-corrected chi connectivity index (χ4v) is 4.38. The Hall–Kier alpha value is -2.05. The highest BCUT2D eigenvalue weighted by Gasteiger charge is 2.62. The lowest BCUT2D eigenvalue weighted by molar-refractivity contribution is -0.163. The van der Waals surface area contributed by atoms with Crippen molar-refractivity contribution in [1.29, 1.82) is 0 Å². The van der Waals surface area contributed by atoms with Crippen molar-refractivity contribution in [1.82, 2.24) is 5.32 Å². The molecule has 0 radical (unpaired) electrons. The first-order chi connectivity index (χ1) is 11.2. The molecule has 0 aromatic carbocycles. The van der Waals surface area contributed by atoms with Gasteiger partial charge in [-0.2, -0.15) is 0 Å². The number of aliphatic carboxylic acids is 1. The van der Waals surface area contributed by atoms with Crippen LogP contribution in [0.25, 0.3) is 0 Å². The summed E-state index contributed by atoms with van der Waals surface area (Å²) in [7, 11) is 0. The van der Waals surface area contributed by atoms with Crippen molar-refractivity contribution in [3.63, 3.8) is 0 Å². The van der Waals surface area contributed by atoms with Crippen LogP contribution in [0.1, 0.15) is 46.5 Å². The highest BCUT2D eigenvalue weighted by Crippen LogP contribution is 2.67. The lowest BCUT2D eigenvalue weighted by atomic mass is 9.44. The molecule has 4 atom stereocenters. The first kappa shape index (κ1) is 18.3. The average Bonchev–Trinajstić information content (AvgIpc) is 2.80. The van der Waals surface area contributed by atoms with Gasteiger partial charge in [-0.3, -0.25) is 9.59 Å². The van der Waals surface area contributed by atoms with Crippen molar-refractivity contribution in [2.75, 3.05) is 6.54 Å². The van der Waals surface area contributed by atoms with Crippen LogP contribution in [0.2, 0.25) is 0 Å². The maximum Gasteiger partial charge on any atom is 0.410 e. The molecule has 24 heavy (non-hydrogen) atoms. The van der Waals surface area contributed by atoms with E-state index >= 15 is 0 Å². The van der Waals surface area contributed by atoms with E-state index in [0.717, 1.165) is 19.3 Å². The summed E-state index contributed by atoms with van der Waals surface area (Å²) in [6, 6.07) is 0. The summed E-state index contributed by atoms with van der Waals surface area (Å²) in [5.41, 5.74) is -0.357. The Morgan fingerprint density at radius 3 is 2.67 bits per heavy atom. The van der Waals surface area contributed by atoms with Gasteiger partial charge in [-0.15, -0.1) is 0 Å². The van der Waals surface area contributed by atoms with E-state index in [1.807, 2.05) is 0 Å². The lowest BCUT2D eigenvalue weighted by Gasteiger charge is -2.60. The van der Waals surface area contributed by atoms with Gasteiger partial charge in [0.2, 0.25) is 6.29 Å². The molecule has 0 saturated heterocycles. The van der Waals surface area contributed by atoms with Gasteiger partial charge in [0, 0.05) is 25.8 Å². The number of carboxylic acid groups (broad SMARTS) is 1. The van der Waals surface area contributed by atoms with Crippen LogP contribution >= 0.6 is 0 Å². The summed E-state index contributed by atoms with van der Waals surface area (Å²) in [5.74, 6) is -1.26. The van der Waals surface area contributed by atoms with Gasteiger partial charge in [0.25, 0.3) is 0 Å². The predicted octanol–water partition coefficient (Wildman–Crippen LogP) is 2.46. The van der Waals surface area contributed by atoms with Crippen molar-refractivity contribution in [3.05, 3.63) is 12.2 Å². The van der Waals surface area contributed by atoms with E-state index in [4.69, 9.17) is 9.47 Å². The zero-order valence-corrected chi connectivity index (χ0v) is 14.3. The van der Waals surface area contributed by atoms with Gasteiger partial charge in [0.15, 0.2) is 0 Å². The molecular formula is C17H25NO6. The van der Waals surface area contributed by atoms with Gasteiger partial charge >= 0.3 is 18.0 Å². The summed E-state index contributed by atoms with van der Waals surface area (Å²) < 4.78 is 9.67. The molecule has 0 aromatic heterocycles. The minimum absolute atomic E-state index is 0.00351. The second-order valence-electron chi connectivity index (χ2n) is 6.87. The molecule has 1 fully saturated rings. The van der Waals surface area contributed by atoms with Gasteiger partial charge in [-0.25, -0.2) is 4.79 Å². The number of carbonyl (C=O) groups excluding carboxylic acids is 2. The summed E-state index contributed by atoms with van der Waals surface area (Å²) in [6.07, 6.45) is 5.21. The number of ether oxygens (including phenoxy) is 2. The number of fused-ring (bicyclic) bond motifs is 1. The smallest absolute Gasteiger partial charge is 0.410 e. The van der Waals surface area contributed by atoms with Crippen molar-refractivity contribution in [2.45, 2.75) is 52.7 Å². The lowest BCUT2D eigenvalue weighted by Crippen LogP contribution is -2.59. The normalized spacial score (nSPS) is 31.5. The number of allylic oxidation sites excluding steroid dienone is 2. The Balaban J connectivity index is 1.96. The average molecular weight is 339 g/mol. The number of alkyl carbamates (subject to hydrolysis) is 1. The fraction of sp³-hybridized carbons (Fsp3) is 0.706. The summed E-state index contributed by atoms with van der Waals surface area (Å²) >= 11 is 0. The Kier molecular flexibility index (Phi) is 5.20. The SMILES string of the molecule is CCC12CC=CC1C(CNC(=O)OC(C)OC(C)=O)(CC(=O)O)C2. The zero-order valence-electron chi connectivity index (χ0n) is 14.3. The minimum atomic E-state index is -0.986. The van der Waals surface area contributed by atoms with Gasteiger partial charge in [0.1, 0.15) is 0 Å². The zero-order chi connectivity index (χ0) is 18.0. The van der Waals surface area contributed by atoms with Crippen molar-refractivity contribution < 1.29 is 29.0 Å². The van der Waals surface area contributed by atoms with Crippen molar-refractivity contribution in [2.24, 2.45) is 16.7 Å². The molecule has 134 valence electrons. The maximum atomic E-state index is 11.9. The van der Waals surface area contributed by atoms with E-state index in [1.165, 1.54) is 13.8 Å². The van der Waals surface area contributed by atoms with Crippen LogP contribution in [-0.4, -0.2) is 36.0 Å². The van der Waals surface area contributed by atoms with Gasteiger partial charge < -0.3 is 19.9 Å². The molecule has 0 aromatic rings. The van der Waals surface area contributed by atoms with Gasteiger partial charge in [0.05, 0.1) is 6.42 Å². The summed E-state index contributed by atoms with van der Waals surface area (Å²) in [6.45, 7) is 5.01. The molecule has 2 aliphatic carbocycles. The molecule has 2 aliphatic rings. The fourth-order valence-electron chi connectivity index (χ4n) is 4.38. The largest absolute Gasteiger partial charge is 0.481 e. The number of rotatable bonds is 7. The van der Waals surface area contributed by atoms with E-state index in [1.54, 1.807) is 0 Å². The third kappa shape index (κ3) is 3.55. The molecule has 1 saturated carbocycles. The number of carboxylic acids is 1. The number of esters is 1. The molecule has 0 aliphatic heterocycles. The Morgan fingerprint density at radius 2 is 2.08 bits per heavy atom. The predicted molar refractivity (Wildman–Crippen MR) is 85.0 cm³/mol. The molecule has 4 unspecified atom stereocenters. The van der Waals surface area contributed by atoms with Crippen LogP contribution in [0.3, 0.4) is 0 Å². The Labute approximate surface area is 141 Å². The van der Waals surface area contributed by atoms with Crippen LogP contribution < -0.4 is 5.32 Å². The Morgan fingerprint density at radius 1 is 1.38 bits per heavy atom. The molecule has 0 spiro atoms. The Bertz CT molecular complexity index is 559. The second kappa shape index (κ2) is 6.83. The van der Waals surface area contributed by atoms with Crippen LogP contribution in [-0.2, 0) is 19.1 Å². The van der Waals surface area contributed by atoms with E-state index in [2.05, 4.69) is 24.4 Å². The molecule has 7 nitrogen and oxygen atoms in total. The first-order valence-corrected chi connectivity index (χ1v) is 8.23. The number of amides is 1. The maximum absolute atomic E-state index is 11.9. The van der Waals surface area contributed by atoms with E-state index in [0.29, 0.717) is 0 Å². The molecule has 7 heteroatoms. The second-order valence-corrected chi connectivity index (χ2v) is 6.87. The van der Waals surface area contributed by atoms with Crippen LogP contribution in [0, 0.1) is 16.7 Å².